The number of hydrogen-bond acceptors (Lipinski definition) is 4. The highest BCUT2D eigenvalue weighted by molar-refractivity contribution is 5.92. The molecule has 5 heteroatoms. The molecule has 2 N–H and O–H groups in total. The van der Waals surface area contributed by atoms with Crippen LogP contribution in [0.4, 0.5) is 5.82 Å². The summed E-state index contributed by atoms with van der Waals surface area (Å²) in [5.41, 5.74) is 2.95. The van der Waals surface area contributed by atoms with Crippen LogP contribution in [0.5, 0.6) is 5.75 Å². The quantitative estimate of drug-likeness (QED) is 0.640. The number of phenols is 1. The van der Waals surface area contributed by atoms with Gasteiger partial charge in [-0.05, 0) is 98.8 Å². The Hall–Kier alpha value is -2.43. The van der Waals surface area contributed by atoms with Gasteiger partial charge in [0.05, 0.1) is 17.6 Å². The van der Waals surface area contributed by atoms with Gasteiger partial charge in [-0.2, -0.15) is 0 Å². The minimum atomic E-state index is -0.0500. The average Bonchev–Trinajstić information content (AvgIpc) is 2.73. The second-order valence-corrected chi connectivity index (χ2v) is 10.5. The van der Waals surface area contributed by atoms with Gasteiger partial charge in [0.2, 0.25) is 5.91 Å². The number of nitrogens with one attached hydrogen (secondary N) is 1. The summed E-state index contributed by atoms with van der Waals surface area (Å²) in [5.74, 6) is 3.45. The first-order chi connectivity index (χ1) is 14.9. The van der Waals surface area contributed by atoms with Crippen LogP contribution >= 0.6 is 0 Å². The van der Waals surface area contributed by atoms with Crippen molar-refractivity contribution in [3.05, 3.63) is 36.2 Å². The van der Waals surface area contributed by atoms with Gasteiger partial charge in [0.1, 0.15) is 5.75 Å². The van der Waals surface area contributed by atoms with Crippen molar-refractivity contribution >= 4 is 11.7 Å². The van der Waals surface area contributed by atoms with Crippen LogP contribution in [0, 0.1) is 29.1 Å². The number of anilines is 1. The van der Waals surface area contributed by atoms with Crippen molar-refractivity contribution in [1.29, 1.82) is 0 Å². The Labute approximate surface area is 184 Å². The summed E-state index contributed by atoms with van der Waals surface area (Å²) in [5, 5.41) is 12.7. The lowest BCUT2D eigenvalue weighted by Crippen LogP contribution is -2.47. The van der Waals surface area contributed by atoms with E-state index in [0.717, 1.165) is 47.5 Å². The number of hydrogen-bond donors (Lipinski definition) is 2. The minimum absolute atomic E-state index is 0.0148. The largest absolute Gasteiger partial charge is 0.508 e. The third-order valence-electron chi connectivity index (χ3n) is 8.02. The molecule has 1 aromatic heterocycles. The maximum absolute atomic E-state index is 12.6. The highest BCUT2D eigenvalue weighted by Crippen LogP contribution is 2.61. The number of aromatic nitrogens is 2. The van der Waals surface area contributed by atoms with E-state index in [4.69, 9.17) is 4.98 Å². The van der Waals surface area contributed by atoms with E-state index in [9.17, 15) is 9.90 Å². The van der Waals surface area contributed by atoms with E-state index >= 15 is 0 Å². The number of carbonyl (C=O) groups is 1. The Morgan fingerprint density at radius 3 is 2.32 bits per heavy atom. The predicted molar refractivity (Wildman–Crippen MR) is 122 cm³/mol. The van der Waals surface area contributed by atoms with Crippen LogP contribution in [-0.2, 0) is 11.2 Å². The van der Waals surface area contributed by atoms with E-state index in [1.165, 1.54) is 38.5 Å². The van der Waals surface area contributed by atoms with Crippen LogP contribution in [0.15, 0.2) is 30.5 Å². The lowest BCUT2D eigenvalue weighted by Gasteiger charge is -2.57. The highest BCUT2D eigenvalue weighted by atomic mass is 16.3. The number of nitrogens with zero attached hydrogens (tertiary/aromatic N) is 2. The zero-order valence-corrected chi connectivity index (χ0v) is 18.6. The van der Waals surface area contributed by atoms with Crippen molar-refractivity contribution in [2.24, 2.45) is 29.1 Å². The number of rotatable bonds is 6. The first kappa shape index (κ1) is 20.5. The van der Waals surface area contributed by atoms with Crippen LogP contribution in [0.2, 0.25) is 0 Å². The Bertz CT molecular complexity index is 934. The van der Waals surface area contributed by atoms with Gasteiger partial charge in [0.15, 0.2) is 5.82 Å². The summed E-state index contributed by atoms with van der Waals surface area (Å²) in [7, 11) is 0. The van der Waals surface area contributed by atoms with Gasteiger partial charge in [-0.1, -0.05) is 13.8 Å². The lowest BCUT2D eigenvalue weighted by molar-refractivity contribution is -0.119. The maximum atomic E-state index is 12.6. The molecule has 1 amide bonds. The molecule has 2 aromatic rings. The number of aromatic hydroxyl groups is 1. The summed E-state index contributed by atoms with van der Waals surface area (Å²) in [6.45, 7) is 3.98. The molecule has 1 atom stereocenters. The lowest BCUT2D eigenvalue weighted by atomic mass is 9.48. The van der Waals surface area contributed by atoms with Gasteiger partial charge >= 0.3 is 0 Å². The number of benzene rings is 1. The van der Waals surface area contributed by atoms with Gasteiger partial charge in [-0.15, -0.1) is 0 Å². The van der Waals surface area contributed by atoms with Gasteiger partial charge in [0.25, 0.3) is 0 Å². The highest BCUT2D eigenvalue weighted by Gasteiger charge is 2.51. The van der Waals surface area contributed by atoms with Crippen molar-refractivity contribution in [2.45, 2.75) is 65.2 Å². The molecule has 0 spiro atoms. The third-order valence-corrected chi connectivity index (χ3v) is 8.02. The Balaban J connectivity index is 1.48. The summed E-state index contributed by atoms with van der Waals surface area (Å²) in [6, 6.07) is 7.08. The second kappa shape index (κ2) is 7.92. The third kappa shape index (κ3) is 4.07. The molecule has 4 saturated carbocycles. The number of carbonyl (C=O) groups excluding carboxylic acids is 1. The van der Waals surface area contributed by atoms with Crippen molar-refractivity contribution < 1.29 is 9.90 Å². The first-order valence-corrected chi connectivity index (χ1v) is 11.9. The summed E-state index contributed by atoms with van der Waals surface area (Å²) in [4.78, 5) is 22.3. The summed E-state index contributed by atoms with van der Waals surface area (Å²) >= 11 is 0. The topological polar surface area (TPSA) is 75.1 Å². The fourth-order valence-corrected chi connectivity index (χ4v) is 6.71. The molecule has 1 heterocycles. The van der Waals surface area contributed by atoms with Crippen molar-refractivity contribution in [3.8, 4) is 17.0 Å². The minimum Gasteiger partial charge on any atom is -0.508 e. The van der Waals surface area contributed by atoms with Crippen LogP contribution in [-0.4, -0.2) is 21.0 Å². The Kier molecular flexibility index (Phi) is 5.23. The molecule has 4 aliphatic carbocycles. The van der Waals surface area contributed by atoms with Crippen molar-refractivity contribution in [1.82, 2.24) is 9.97 Å². The molecule has 6 rings (SSSR count). The van der Waals surface area contributed by atoms with E-state index in [-0.39, 0.29) is 17.6 Å². The summed E-state index contributed by atoms with van der Waals surface area (Å²) < 4.78 is 0. The van der Waals surface area contributed by atoms with Crippen LogP contribution < -0.4 is 5.32 Å². The predicted octanol–water partition coefficient (Wildman–Crippen LogP) is 5.59. The fraction of sp³-hybridized carbons (Fsp3) is 0.577. The summed E-state index contributed by atoms with van der Waals surface area (Å²) in [6.07, 6.45) is 11.6. The van der Waals surface area contributed by atoms with E-state index in [1.54, 1.807) is 18.3 Å². The molecule has 164 valence electrons. The smallest absolute Gasteiger partial charge is 0.228 e. The number of phenolic OH excluding ortho intramolecular Hbond substituents is 1. The van der Waals surface area contributed by atoms with Gasteiger partial charge < -0.3 is 10.4 Å². The van der Waals surface area contributed by atoms with Crippen LogP contribution in [0.3, 0.4) is 0 Å². The van der Waals surface area contributed by atoms with Gasteiger partial charge in [0, 0.05) is 11.5 Å². The SMILES string of the molecule is CCC(C)C(=O)Nc1ncc(-c2ccc(O)cc2)nc1CC12CC3CC(CC(C3)C1)C2. The van der Waals surface area contributed by atoms with Crippen molar-refractivity contribution in [2.75, 3.05) is 5.32 Å². The zero-order valence-electron chi connectivity index (χ0n) is 18.6. The zero-order chi connectivity index (χ0) is 21.6. The monoisotopic (exact) mass is 419 g/mol. The van der Waals surface area contributed by atoms with Crippen LogP contribution in [0.1, 0.15) is 64.5 Å². The van der Waals surface area contributed by atoms with E-state index in [2.05, 4.69) is 10.3 Å². The fourth-order valence-electron chi connectivity index (χ4n) is 6.71. The Morgan fingerprint density at radius 2 is 1.74 bits per heavy atom. The molecule has 0 radical (unpaired) electrons. The molecular weight excluding hydrogens is 386 g/mol. The normalized spacial score (nSPS) is 29.7. The second-order valence-electron chi connectivity index (χ2n) is 10.5. The molecule has 4 aliphatic rings. The molecule has 1 aromatic carbocycles. The van der Waals surface area contributed by atoms with E-state index in [0.29, 0.717) is 11.2 Å². The molecule has 31 heavy (non-hydrogen) atoms. The standard InChI is InChI=1S/C26H33N3O2/c1-3-16(2)25(31)29-24-22(28-23(15-27-24)20-4-6-21(30)7-5-20)14-26-11-17-8-18(12-26)10-19(9-17)13-26/h4-7,15-19,30H,3,8-14H2,1-2H3,(H,27,29,31). The van der Waals surface area contributed by atoms with Crippen LogP contribution in [0.25, 0.3) is 11.3 Å². The molecule has 5 nitrogen and oxygen atoms in total. The molecule has 4 bridgehead atoms. The molecule has 0 aliphatic heterocycles. The van der Waals surface area contributed by atoms with E-state index in [1.807, 2.05) is 26.0 Å². The van der Waals surface area contributed by atoms with E-state index < -0.39 is 0 Å². The number of amides is 1. The van der Waals surface area contributed by atoms with Gasteiger partial charge in [-0.25, -0.2) is 9.97 Å². The molecule has 0 saturated heterocycles. The molecule has 4 fully saturated rings. The molecular formula is C26H33N3O2. The Morgan fingerprint density at radius 1 is 1.13 bits per heavy atom. The van der Waals surface area contributed by atoms with Crippen molar-refractivity contribution in [3.63, 3.8) is 0 Å². The van der Waals surface area contributed by atoms with Gasteiger partial charge in [-0.3, -0.25) is 4.79 Å². The average molecular weight is 420 g/mol. The molecule has 1 unspecified atom stereocenters. The maximum Gasteiger partial charge on any atom is 0.228 e. The first-order valence-electron chi connectivity index (χ1n) is 11.9.